The molecule has 1 aromatic heterocycles. The average molecular weight is 247 g/mol. The summed E-state index contributed by atoms with van der Waals surface area (Å²) in [4.78, 5) is 0. The van der Waals surface area contributed by atoms with Gasteiger partial charge in [0, 0.05) is 5.75 Å². The molecule has 0 saturated carbocycles. The maximum atomic E-state index is 4.02. The minimum Gasteiger partial charge on any atom is -0.197 e. The Hall–Kier alpha value is -1.29. The molecule has 1 heterocycles. The average Bonchev–Trinajstić information content (AvgIpc) is 2.89. The van der Waals surface area contributed by atoms with Crippen molar-refractivity contribution < 1.29 is 0 Å². The quantitative estimate of drug-likeness (QED) is 0.821. The highest BCUT2D eigenvalue weighted by Crippen LogP contribution is 2.22. The van der Waals surface area contributed by atoms with E-state index in [1.165, 1.54) is 17.5 Å². The van der Waals surface area contributed by atoms with Crippen molar-refractivity contribution in [2.45, 2.75) is 37.0 Å². The lowest BCUT2D eigenvalue weighted by Crippen LogP contribution is -1.91. The molecule has 2 rings (SSSR count). The molecule has 2 aromatic rings. The van der Waals surface area contributed by atoms with Crippen LogP contribution in [0.15, 0.2) is 35.5 Å². The van der Waals surface area contributed by atoms with Gasteiger partial charge in [-0.05, 0) is 23.5 Å². The summed E-state index contributed by atoms with van der Waals surface area (Å²) in [7, 11) is 0. The SMILES string of the molecule is CCC(C)c1ccc(CSc2cn[nH]n2)cc1. The first-order valence-electron chi connectivity index (χ1n) is 5.87. The van der Waals surface area contributed by atoms with Crippen LogP contribution in [0, 0.1) is 0 Å². The number of hydrogen-bond acceptors (Lipinski definition) is 3. The summed E-state index contributed by atoms with van der Waals surface area (Å²) in [6.45, 7) is 4.48. The van der Waals surface area contributed by atoms with E-state index >= 15 is 0 Å². The number of nitrogens with one attached hydrogen (secondary N) is 1. The first kappa shape index (κ1) is 12.2. The Morgan fingerprint density at radius 3 is 2.65 bits per heavy atom. The van der Waals surface area contributed by atoms with Gasteiger partial charge in [0.05, 0.1) is 6.20 Å². The summed E-state index contributed by atoms with van der Waals surface area (Å²) in [5.41, 5.74) is 2.74. The summed E-state index contributed by atoms with van der Waals surface area (Å²) in [6, 6.07) is 8.86. The molecule has 0 aliphatic carbocycles. The molecule has 0 aliphatic heterocycles. The topological polar surface area (TPSA) is 41.6 Å². The highest BCUT2D eigenvalue weighted by Gasteiger charge is 2.03. The molecule has 0 fully saturated rings. The van der Waals surface area contributed by atoms with Crippen LogP contribution >= 0.6 is 11.8 Å². The lowest BCUT2D eigenvalue weighted by molar-refractivity contribution is 0.733. The Morgan fingerprint density at radius 1 is 1.29 bits per heavy atom. The summed E-state index contributed by atoms with van der Waals surface area (Å²) < 4.78 is 0. The van der Waals surface area contributed by atoms with Gasteiger partial charge in [0.25, 0.3) is 0 Å². The van der Waals surface area contributed by atoms with Crippen LogP contribution in [0.3, 0.4) is 0 Å². The predicted molar refractivity (Wildman–Crippen MR) is 71.1 cm³/mol. The Kier molecular flexibility index (Phi) is 4.20. The van der Waals surface area contributed by atoms with E-state index in [9.17, 15) is 0 Å². The fourth-order valence-corrected chi connectivity index (χ4v) is 2.34. The number of hydrogen-bond donors (Lipinski definition) is 1. The molecule has 17 heavy (non-hydrogen) atoms. The molecule has 0 amide bonds. The van der Waals surface area contributed by atoms with Gasteiger partial charge in [0.1, 0.15) is 5.03 Å². The van der Waals surface area contributed by atoms with Gasteiger partial charge in [-0.2, -0.15) is 10.3 Å². The van der Waals surface area contributed by atoms with Gasteiger partial charge in [-0.3, -0.25) is 0 Å². The highest BCUT2D eigenvalue weighted by atomic mass is 32.2. The molecule has 1 atom stereocenters. The van der Waals surface area contributed by atoms with Crippen LogP contribution in [0.4, 0.5) is 0 Å². The monoisotopic (exact) mass is 247 g/mol. The zero-order valence-corrected chi connectivity index (χ0v) is 11.0. The molecule has 0 aliphatic rings. The largest absolute Gasteiger partial charge is 0.197 e. The predicted octanol–water partition coefficient (Wildman–Crippen LogP) is 3.61. The van der Waals surface area contributed by atoms with Gasteiger partial charge in [-0.15, -0.1) is 5.10 Å². The second kappa shape index (κ2) is 5.87. The first-order chi connectivity index (χ1) is 8.29. The Labute approximate surface area is 106 Å². The summed E-state index contributed by atoms with van der Waals surface area (Å²) >= 11 is 1.70. The summed E-state index contributed by atoms with van der Waals surface area (Å²) in [6.07, 6.45) is 2.94. The van der Waals surface area contributed by atoms with Crippen LogP contribution in [0.1, 0.15) is 37.3 Å². The van der Waals surface area contributed by atoms with E-state index in [0.29, 0.717) is 5.92 Å². The molecule has 1 N–H and O–H groups in total. The standard InChI is InChI=1S/C13H17N3S/c1-3-10(2)12-6-4-11(5-7-12)9-17-13-8-14-16-15-13/h4-8,10H,3,9H2,1-2H3,(H,14,15,16). The molecule has 4 heteroatoms. The second-order valence-corrected chi connectivity index (χ2v) is 5.14. The number of aromatic amines is 1. The zero-order chi connectivity index (χ0) is 12.1. The van der Waals surface area contributed by atoms with E-state index in [-0.39, 0.29) is 0 Å². The highest BCUT2D eigenvalue weighted by molar-refractivity contribution is 7.98. The Balaban J connectivity index is 1.94. The fourth-order valence-electron chi connectivity index (χ4n) is 1.60. The normalized spacial score (nSPS) is 12.6. The molecule has 0 saturated heterocycles. The number of nitrogens with zero attached hydrogens (tertiary/aromatic N) is 2. The number of thioether (sulfide) groups is 1. The molecule has 3 nitrogen and oxygen atoms in total. The molecular formula is C13H17N3S. The van der Waals surface area contributed by atoms with Crippen molar-refractivity contribution in [1.29, 1.82) is 0 Å². The molecular weight excluding hydrogens is 230 g/mol. The molecule has 0 radical (unpaired) electrons. The fraction of sp³-hybridized carbons (Fsp3) is 0.385. The first-order valence-corrected chi connectivity index (χ1v) is 6.85. The van der Waals surface area contributed by atoms with Crippen LogP contribution in [-0.2, 0) is 5.75 Å². The molecule has 0 bridgehead atoms. The minimum absolute atomic E-state index is 0.646. The second-order valence-electron chi connectivity index (χ2n) is 4.15. The number of benzene rings is 1. The van der Waals surface area contributed by atoms with Gasteiger partial charge < -0.3 is 0 Å². The van der Waals surface area contributed by atoms with E-state index in [1.54, 1.807) is 18.0 Å². The number of aromatic nitrogens is 3. The van der Waals surface area contributed by atoms with Crippen molar-refractivity contribution in [1.82, 2.24) is 15.4 Å². The number of rotatable bonds is 5. The van der Waals surface area contributed by atoms with Gasteiger partial charge in [-0.25, -0.2) is 0 Å². The third-order valence-electron chi connectivity index (χ3n) is 2.94. The van der Waals surface area contributed by atoms with Gasteiger partial charge in [-0.1, -0.05) is 49.9 Å². The molecule has 1 unspecified atom stereocenters. The Bertz CT molecular complexity index is 436. The summed E-state index contributed by atoms with van der Waals surface area (Å²) in [5, 5.41) is 11.4. The maximum absolute atomic E-state index is 4.02. The van der Waals surface area contributed by atoms with Crippen LogP contribution in [0.25, 0.3) is 0 Å². The van der Waals surface area contributed by atoms with E-state index in [1.807, 2.05) is 0 Å². The van der Waals surface area contributed by atoms with Crippen LogP contribution in [0.2, 0.25) is 0 Å². The lowest BCUT2D eigenvalue weighted by Gasteiger charge is -2.09. The van der Waals surface area contributed by atoms with E-state index in [2.05, 4.69) is 53.5 Å². The van der Waals surface area contributed by atoms with E-state index in [0.717, 1.165) is 10.8 Å². The summed E-state index contributed by atoms with van der Waals surface area (Å²) in [5.74, 6) is 1.58. The van der Waals surface area contributed by atoms with Crippen molar-refractivity contribution in [2.24, 2.45) is 0 Å². The maximum Gasteiger partial charge on any atom is 0.139 e. The van der Waals surface area contributed by atoms with Crippen LogP contribution in [0.5, 0.6) is 0 Å². The molecule has 1 aromatic carbocycles. The van der Waals surface area contributed by atoms with E-state index < -0.39 is 0 Å². The zero-order valence-electron chi connectivity index (χ0n) is 10.2. The van der Waals surface area contributed by atoms with Crippen molar-refractivity contribution in [3.05, 3.63) is 41.6 Å². The van der Waals surface area contributed by atoms with Crippen molar-refractivity contribution in [3.8, 4) is 0 Å². The van der Waals surface area contributed by atoms with Gasteiger partial charge >= 0.3 is 0 Å². The third kappa shape index (κ3) is 3.33. The smallest absolute Gasteiger partial charge is 0.139 e. The van der Waals surface area contributed by atoms with Crippen LogP contribution in [-0.4, -0.2) is 15.4 Å². The minimum atomic E-state index is 0.646. The Morgan fingerprint density at radius 2 is 2.06 bits per heavy atom. The van der Waals surface area contributed by atoms with Crippen molar-refractivity contribution in [2.75, 3.05) is 0 Å². The van der Waals surface area contributed by atoms with E-state index in [4.69, 9.17) is 0 Å². The van der Waals surface area contributed by atoms with Crippen molar-refractivity contribution in [3.63, 3.8) is 0 Å². The third-order valence-corrected chi connectivity index (χ3v) is 3.91. The number of H-pyrrole nitrogens is 1. The molecule has 90 valence electrons. The lowest BCUT2D eigenvalue weighted by atomic mass is 9.98. The van der Waals surface area contributed by atoms with Crippen molar-refractivity contribution >= 4 is 11.8 Å². The van der Waals surface area contributed by atoms with Crippen LogP contribution < -0.4 is 0 Å². The van der Waals surface area contributed by atoms with Gasteiger partial charge in [0.2, 0.25) is 0 Å². The molecule has 0 spiro atoms. The van der Waals surface area contributed by atoms with Gasteiger partial charge in [0.15, 0.2) is 0 Å².